The molecule has 0 aromatic heterocycles. The second kappa shape index (κ2) is 4.07. The van der Waals surface area contributed by atoms with Crippen LogP contribution in [0.2, 0.25) is 0 Å². The van der Waals surface area contributed by atoms with Crippen molar-refractivity contribution in [3.05, 3.63) is 0 Å². The van der Waals surface area contributed by atoms with Crippen molar-refractivity contribution in [1.29, 1.82) is 0 Å². The van der Waals surface area contributed by atoms with E-state index in [-0.39, 0.29) is 0 Å². The van der Waals surface area contributed by atoms with Crippen LogP contribution in [0.25, 0.3) is 0 Å². The molecule has 0 aliphatic carbocycles. The van der Waals surface area contributed by atoms with E-state index in [4.69, 9.17) is 0 Å². The quantitative estimate of drug-likeness (QED) is 0.471. The zero-order valence-corrected chi connectivity index (χ0v) is 8.27. The SMILES string of the molecule is COC(=O)C(C)N1C(=O)CC(=O)NC1=O. The minimum Gasteiger partial charge on any atom is -0.467 e. The number of hydrogen-bond donors (Lipinski definition) is 1. The molecule has 1 saturated heterocycles. The zero-order valence-electron chi connectivity index (χ0n) is 8.27. The number of urea groups is 1. The molecular formula is C8H10N2O5. The van der Waals surface area contributed by atoms with Crippen LogP contribution in [0, 0.1) is 0 Å². The van der Waals surface area contributed by atoms with Crippen molar-refractivity contribution in [2.24, 2.45) is 0 Å². The molecule has 7 nitrogen and oxygen atoms in total. The topological polar surface area (TPSA) is 92.8 Å². The first-order valence-corrected chi connectivity index (χ1v) is 4.21. The Morgan fingerprint density at radius 3 is 2.53 bits per heavy atom. The summed E-state index contributed by atoms with van der Waals surface area (Å²) in [5.74, 6) is -2.09. The van der Waals surface area contributed by atoms with Gasteiger partial charge in [0.1, 0.15) is 12.5 Å². The number of carbonyl (C=O) groups excluding carboxylic acids is 4. The third-order valence-corrected chi connectivity index (χ3v) is 1.98. The Kier molecular flexibility index (Phi) is 3.03. The average Bonchev–Trinajstić information content (AvgIpc) is 2.14. The fourth-order valence-electron chi connectivity index (χ4n) is 1.23. The number of carbonyl (C=O) groups is 4. The van der Waals surface area contributed by atoms with Gasteiger partial charge in [-0.15, -0.1) is 0 Å². The molecule has 0 radical (unpaired) electrons. The largest absolute Gasteiger partial charge is 0.467 e. The van der Waals surface area contributed by atoms with Gasteiger partial charge in [-0.1, -0.05) is 0 Å². The predicted molar refractivity (Wildman–Crippen MR) is 46.5 cm³/mol. The summed E-state index contributed by atoms with van der Waals surface area (Å²) in [6.07, 6.45) is -0.437. The number of hydrogen-bond acceptors (Lipinski definition) is 5. The third-order valence-electron chi connectivity index (χ3n) is 1.98. The van der Waals surface area contributed by atoms with E-state index in [9.17, 15) is 19.2 Å². The number of methoxy groups -OCH3 is 1. The first kappa shape index (κ1) is 11.2. The van der Waals surface area contributed by atoms with Crippen LogP contribution >= 0.6 is 0 Å². The van der Waals surface area contributed by atoms with Crippen LogP contribution in [-0.2, 0) is 19.1 Å². The van der Waals surface area contributed by atoms with Crippen molar-refractivity contribution in [2.75, 3.05) is 7.11 Å². The molecule has 1 atom stereocenters. The van der Waals surface area contributed by atoms with Crippen LogP contribution in [0.15, 0.2) is 0 Å². The van der Waals surface area contributed by atoms with Gasteiger partial charge in [0, 0.05) is 0 Å². The second-order valence-electron chi connectivity index (χ2n) is 2.99. The molecular weight excluding hydrogens is 204 g/mol. The number of barbiturate groups is 1. The molecule has 1 aliphatic rings. The maximum atomic E-state index is 11.3. The standard InChI is InChI=1S/C8H10N2O5/c1-4(7(13)15-2)10-6(12)3-5(11)9-8(10)14/h4H,3H2,1-2H3,(H,9,11,14). The molecule has 0 aromatic carbocycles. The number of ether oxygens (including phenoxy) is 1. The first-order valence-electron chi connectivity index (χ1n) is 4.21. The Hall–Kier alpha value is -1.92. The van der Waals surface area contributed by atoms with Crippen molar-refractivity contribution in [3.63, 3.8) is 0 Å². The first-order chi connectivity index (χ1) is 6.97. The molecule has 1 heterocycles. The number of nitrogens with zero attached hydrogens (tertiary/aromatic N) is 1. The summed E-state index contributed by atoms with van der Waals surface area (Å²) in [6, 6.07) is -1.93. The number of imide groups is 2. The summed E-state index contributed by atoms with van der Waals surface area (Å²) in [5, 5.41) is 1.94. The average molecular weight is 214 g/mol. The zero-order chi connectivity index (χ0) is 11.6. The Morgan fingerprint density at radius 2 is 2.07 bits per heavy atom. The minimum atomic E-state index is -1.03. The highest BCUT2D eigenvalue weighted by atomic mass is 16.5. The molecule has 0 bridgehead atoms. The van der Waals surface area contributed by atoms with Gasteiger partial charge in [-0.2, -0.15) is 0 Å². The maximum absolute atomic E-state index is 11.3. The summed E-state index contributed by atoms with van der Waals surface area (Å²) in [6.45, 7) is 1.35. The van der Waals surface area contributed by atoms with Crippen LogP contribution in [-0.4, -0.2) is 41.9 Å². The summed E-state index contributed by atoms with van der Waals surface area (Å²) in [7, 11) is 1.15. The fourth-order valence-corrected chi connectivity index (χ4v) is 1.23. The van der Waals surface area contributed by atoms with Crippen molar-refractivity contribution in [1.82, 2.24) is 10.2 Å². The maximum Gasteiger partial charge on any atom is 0.331 e. The molecule has 0 spiro atoms. The van der Waals surface area contributed by atoms with Crippen molar-refractivity contribution in [3.8, 4) is 0 Å². The van der Waals surface area contributed by atoms with Gasteiger partial charge in [-0.3, -0.25) is 14.9 Å². The highest BCUT2D eigenvalue weighted by molar-refractivity contribution is 6.15. The third kappa shape index (κ3) is 2.12. The molecule has 0 aromatic rings. The molecule has 1 unspecified atom stereocenters. The molecule has 1 rings (SSSR count). The molecule has 1 fully saturated rings. The summed E-state index contributed by atoms with van der Waals surface area (Å²) >= 11 is 0. The Morgan fingerprint density at radius 1 is 1.47 bits per heavy atom. The minimum absolute atomic E-state index is 0.437. The monoisotopic (exact) mass is 214 g/mol. The van der Waals surface area contributed by atoms with Gasteiger partial charge in [0.15, 0.2) is 0 Å². The van der Waals surface area contributed by atoms with Crippen molar-refractivity contribution >= 4 is 23.8 Å². The summed E-state index contributed by atoms with van der Waals surface area (Å²) in [4.78, 5) is 45.1. The molecule has 4 amide bonds. The number of esters is 1. The van der Waals surface area contributed by atoms with E-state index < -0.39 is 36.3 Å². The van der Waals surface area contributed by atoms with Gasteiger partial charge in [0.2, 0.25) is 11.8 Å². The normalized spacial score (nSPS) is 18.5. The molecule has 82 valence electrons. The lowest BCUT2D eigenvalue weighted by atomic mass is 10.2. The van der Waals surface area contributed by atoms with Crippen molar-refractivity contribution < 1.29 is 23.9 Å². The van der Waals surface area contributed by atoms with Crippen LogP contribution in [0.4, 0.5) is 4.79 Å². The predicted octanol–water partition coefficient (Wildman–Crippen LogP) is -0.984. The van der Waals surface area contributed by atoms with Gasteiger partial charge in [0.25, 0.3) is 0 Å². The molecule has 0 saturated carbocycles. The Bertz CT molecular complexity index is 318. The van der Waals surface area contributed by atoms with Crippen LogP contribution in [0.1, 0.15) is 13.3 Å². The lowest BCUT2D eigenvalue weighted by molar-refractivity contribution is -0.151. The highest BCUT2D eigenvalue weighted by Crippen LogP contribution is 2.08. The lowest BCUT2D eigenvalue weighted by Gasteiger charge is -2.28. The molecule has 1 aliphatic heterocycles. The summed E-state index contributed by atoms with van der Waals surface area (Å²) < 4.78 is 4.39. The van der Waals surface area contributed by atoms with Gasteiger partial charge < -0.3 is 4.74 Å². The van der Waals surface area contributed by atoms with E-state index in [0.717, 1.165) is 7.11 Å². The van der Waals surface area contributed by atoms with E-state index in [1.165, 1.54) is 6.92 Å². The Balaban J connectivity index is 2.84. The van der Waals surface area contributed by atoms with Crippen molar-refractivity contribution in [2.45, 2.75) is 19.4 Å². The number of rotatable bonds is 2. The van der Waals surface area contributed by atoms with Crippen LogP contribution in [0.5, 0.6) is 0 Å². The van der Waals surface area contributed by atoms with Gasteiger partial charge in [-0.05, 0) is 6.92 Å². The molecule has 7 heteroatoms. The smallest absolute Gasteiger partial charge is 0.331 e. The van der Waals surface area contributed by atoms with Crippen LogP contribution in [0.3, 0.4) is 0 Å². The fraction of sp³-hybridized carbons (Fsp3) is 0.500. The lowest BCUT2D eigenvalue weighted by Crippen LogP contribution is -2.57. The van der Waals surface area contributed by atoms with E-state index in [0.29, 0.717) is 4.90 Å². The molecule has 1 N–H and O–H groups in total. The summed E-state index contributed by atoms with van der Waals surface area (Å²) in [5.41, 5.74) is 0. The van der Waals surface area contributed by atoms with E-state index in [2.05, 4.69) is 4.74 Å². The molecule has 15 heavy (non-hydrogen) atoms. The van der Waals surface area contributed by atoms with E-state index in [1.807, 2.05) is 5.32 Å². The van der Waals surface area contributed by atoms with Crippen LogP contribution < -0.4 is 5.32 Å². The number of amides is 4. The Labute approximate surface area is 85.4 Å². The van der Waals surface area contributed by atoms with Gasteiger partial charge in [0.05, 0.1) is 7.11 Å². The highest BCUT2D eigenvalue weighted by Gasteiger charge is 2.37. The number of nitrogens with one attached hydrogen (secondary N) is 1. The van der Waals surface area contributed by atoms with Gasteiger partial charge in [-0.25, -0.2) is 14.5 Å². The van der Waals surface area contributed by atoms with E-state index >= 15 is 0 Å². The van der Waals surface area contributed by atoms with Gasteiger partial charge >= 0.3 is 12.0 Å². The second-order valence-corrected chi connectivity index (χ2v) is 2.99. The van der Waals surface area contributed by atoms with E-state index in [1.54, 1.807) is 0 Å².